The van der Waals surface area contributed by atoms with Crippen LogP contribution in [0.4, 0.5) is 4.39 Å². The quantitative estimate of drug-likeness (QED) is 0.872. The van der Waals surface area contributed by atoms with E-state index in [-0.39, 0.29) is 11.7 Å². The maximum Gasteiger partial charge on any atom is 0.168 e. The molecule has 2 atom stereocenters. The Balaban J connectivity index is 2.31. The first-order valence-electron chi connectivity index (χ1n) is 6.27. The second-order valence-corrected chi connectivity index (χ2v) is 4.65. The molecular weight excluding hydrogens is 217 g/mol. The number of methoxy groups -OCH3 is 1. The summed E-state index contributed by atoms with van der Waals surface area (Å²) in [5, 5.41) is 3.31. The molecule has 94 valence electrons. The highest BCUT2D eigenvalue weighted by Gasteiger charge is 2.28. The van der Waals surface area contributed by atoms with Crippen molar-refractivity contribution in [2.75, 3.05) is 14.2 Å². The van der Waals surface area contributed by atoms with Gasteiger partial charge in [0.05, 0.1) is 7.11 Å². The molecule has 0 aromatic heterocycles. The molecule has 2 unspecified atom stereocenters. The Labute approximate surface area is 102 Å². The molecule has 2 nitrogen and oxygen atoms in total. The van der Waals surface area contributed by atoms with E-state index in [0.29, 0.717) is 11.8 Å². The lowest BCUT2D eigenvalue weighted by Gasteiger charge is -2.32. The molecule has 2 rings (SSSR count). The van der Waals surface area contributed by atoms with Gasteiger partial charge < -0.3 is 10.1 Å². The van der Waals surface area contributed by atoms with E-state index in [9.17, 15) is 4.39 Å². The standard InChI is InChI=1S/C14H20FNO/c1-16-12-8-4-3-6-10(12)11-7-5-9-13(17-2)14(11)15/h5,7,9-10,12,16H,3-4,6,8H2,1-2H3. The van der Waals surface area contributed by atoms with E-state index in [1.54, 1.807) is 6.07 Å². The maximum atomic E-state index is 14.2. The first-order chi connectivity index (χ1) is 8.27. The smallest absolute Gasteiger partial charge is 0.168 e. The fourth-order valence-corrected chi connectivity index (χ4v) is 2.82. The molecule has 0 radical (unpaired) electrons. The van der Waals surface area contributed by atoms with Crippen molar-refractivity contribution < 1.29 is 9.13 Å². The fraction of sp³-hybridized carbons (Fsp3) is 0.571. The van der Waals surface area contributed by atoms with Gasteiger partial charge >= 0.3 is 0 Å². The van der Waals surface area contributed by atoms with Gasteiger partial charge in [-0.05, 0) is 31.5 Å². The van der Waals surface area contributed by atoms with E-state index in [2.05, 4.69) is 5.32 Å². The summed E-state index contributed by atoms with van der Waals surface area (Å²) in [6.45, 7) is 0. The minimum atomic E-state index is -0.192. The van der Waals surface area contributed by atoms with Crippen molar-refractivity contribution in [3.8, 4) is 5.75 Å². The summed E-state index contributed by atoms with van der Waals surface area (Å²) in [6.07, 6.45) is 4.58. The Morgan fingerprint density at radius 1 is 1.29 bits per heavy atom. The summed E-state index contributed by atoms with van der Waals surface area (Å²) in [7, 11) is 3.47. The molecule has 0 heterocycles. The zero-order valence-electron chi connectivity index (χ0n) is 10.5. The Bertz CT molecular complexity index is 380. The molecule has 1 saturated carbocycles. The van der Waals surface area contributed by atoms with Crippen molar-refractivity contribution in [1.29, 1.82) is 0 Å². The van der Waals surface area contributed by atoms with Crippen molar-refractivity contribution in [3.63, 3.8) is 0 Å². The SMILES string of the molecule is CNC1CCCCC1c1cccc(OC)c1F. The van der Waals surface area contributed by atoms with Crippen LogP contribution in [-0.4, -0.2) is 20.2 Å². The lowest BCUT2D eigenvalue weighted by atomic mass is 9.80. The average molecular weight is 237 g/mol. The van der Waals surface area contributed by atoms with Crippen molar-refractivity contribution in [3.05, 3.63) is 29.6 Å². The van der Waals surface area contributed by atoms with Gasteiger partial charge in [0.2, 0.25) is 0 Å². The third kappa shape index (κ3) is 2.44. The molecule has 1 aromatic carbocycles. The van der Waals surface area contributed by atoms with E-state index in [0.717, 1.165) is 18.4 Å². The van der Waals surface area contributed by atoms with Crippen molar-refractivity contribution in [2.24, 2.45) is 0 Å². The predicted octanol–water partition coefficient (Wildman–Crippen LogP) is 3.08. The summed E-state index contributed by atoms with van der Waals surface area (Å²) < 4.78 is 19.3. The van der Waals surface area contributed by atoms with Crippen molar-refractivity contribution in [2.45, 2.75) is 37.6 Å². The van der Waals surface area contributed by atoms with E-state index < -0.39 is 0 Å². The van der Waals surface area contributed by atoms with Crippen LogP contribution in [0.5, 0.6) is 5.75 Å². The third-order valence-corrected chi connectivity index (χ3v) is 3.75. The Kier molecular flexibility index (Phi) is 4.00. The van der Waals surface area contributed by atoms with Crippen LogP contribution < -0.4 is 10.1 Å². The molecule has 0 spiro atoms. The number of hydrogen-bond acceptors (Lipinski definition) is 2. The van der Waals surface area contributed by atoms with E-state index in [1.807, 2.05) is 19.2 Å². The van der Waals surface area contributed by atoms with Crippen LogP contribution in [0.2, 0.25) is 0 Å². The van der Waals surface area contributed by atoms with Gasteiger partial charge in [0.1, 0.15) is 0 Å². The molecule has 0 aliphatic heterocycles. The van der Waals surface area contributed by atoms with E-state index >= 15 is 0 Å². The molecule has 17 heavy (non-hydrogen) atoms. The lowest BCUT2D eigenvalue weighted by molar-refractivity contribution is 0.329. The van der Waals surface area contributed by atoms with Crippen LogP contribution in [0.3, 0.4) is 0 Å². The first kappa shape index (κ1) is 12.4. The van der Waals surface area contributed by atoms with E-state index in [4.69, 9.17) is 4.74 Å². The molecule has 0 amide bonds. The van der Waals surface area contributed by atoms with Gasteiger partial charge in [0.25, 0.3) is 0 Å². The molecule has 1 aliphatic carbocycles. The highest BCUT2D eigenvalue weighted by Crippen LogP contribution is 2.36. The third-order valence-electron chi connectivity index (χ3n) is 3.75. The topological polar surface area (TPSA) is 21.3 Å². The van der Waals surface area contributed by atoms with Gasteiger partial charge in [0, 0.05) is 12.0 Å². The number of hydrogen-bond donors (Lipinski definition) is 1. The Hall–Kier alpha value is -1.09. The van der Waals surface area contributed by atoms with Gasteiger partial charge in [-0.25, -0.2) is 4.39 Å². The number of halogens is 1. The number of likely N-dealkylation sites (N-methyl/N-ethyl adjacent to an activating group) is 1. The predicted molar refractivity (Wildman–Crippen MR) is 67.0 cm³/mol. The van der Waals surface area contributed by atoms with Crippen LogP contribution in [0, 0.1) is 5.82 Å². The van der Waals surface area contributed by atoms with Gasteiger partial charge in [-0.2, -0.15) is 0 Å². The summed E-state index contributed by atoms with van der Waals surface area (Å²) in [6, 6.07) is 5.82. The molecule has 1 aromatic rings. The van der Waals surface area contributed by atoms with Gasteiger partial charge in [-0.3, -0.25) is 0 Å². The van der Waals surface area contributed by atoms with Crippen molar-refractivity contribution in [1.82, 2.24) is 5.32 Å². The molecule has 3 heteroatoms. The molecular formula is C14H20FNO. The zero-order chi connectivity index (χ0) is 12.3. The monoisotopic (exact) mass is 237 g/mol. The molecule has 0 saturated heterocycles. The molecule has 1 fully saturated rings. The van der Waals surface area contributed by atoms with Crippen molar-refractivity contribution >= 4 is 0 Å². The maximum absolute atomic E-state index is 14.2. The van der Waals surface area contributed by atoms with Gasteiger partial charge in [-0.1, -0.05) is 25.0 Å². The minimum absolute atomic E-state index is 0.192. The van der Waals surface area contributed by atoms with Crippen LogP contribution in [0.25, 0.3) is 0 Å². The number of ether oxygens (including phenoxy) is 1. The number of nitrogens with one attached hydrogen (secondary N) is 1. The zero-order valence-corrected chi connectivity index (χ0v) is 10.5. The van der Waals surface area contributed by atoms with Crippen LogP contribution in [0.15, 0.2) is 18.2 Å². The lowest BCUT2D eigenvalue weighted by Crippen LogP contribution is -2.35. The molecule has 0 bridgehead atoms. The second kappa shape index (κ2) is 5.50. The van der Waals surface area contributed by atoms with Gasteiger partial charge in [-0.15, -0.1) is 0 Å². The first-order valence-corrected chi connectivity index (χ1v) is 6.27. The summed E-state index contributed by atoms with van der Waals surface area (Å²) in [4.78, 5) is 0. The fourth-order valence-electron chi connectivity index (χ4n) is 2.82. The molecule has 1 N–H and O–H groups in total. The summed E-state index contributed by atoms with van der Waals surface area (Å²) in [5.74, 6) is 0.425. The summed E-state index contributed by atoms with van der Waals surface area (Å²) >= 11 is 0. The highest BCUT2D eigenvalue weighted by molar-refractivity contribution is 5.34. The minimum Gasteiger partial charge on any atom is -0.494 e. The van der Waals surface area contributed by atoms with Crippen LogP contribution in [0.1, 0.15) is 37.2 Å². The highest BCUT2D eigenvalue weighted by atomic mass is 19.1. The second-order valence-electron chi connectivity index (χ2n) is 4.65. The number of benzene rings is 1. The Morgan fingerprint density at radius 3 is 2.76 bits per heavy atom. The summed E-state index contributed by atoms with van der Waals surface area (Å²) in [5.41, 5.74) is 0.795. The normalized spacial score (nSPS) is 24.6. The van der Waals surface area contributed by atoms with Crippen LogP contribution in [-0.2, 0) is 0 Å². The largest absolute Gasteiger partial charge is 0.494 e. The molecule has 1 aliphatic rings. The Morgan fingerprint density at radius 2 is 2.06 bits per heavy atom. The number of rotatable bonds is 3. The van der Waals surface area contributed by atoms with Gasteiger partial charge in [0.15, 0.2) is 11.6 Å². The average Bonchev–Trinajstić information content (AvgIpc) is 2.39. The van der Waals surface area contributed by atoms with Crippen LogP contribution >= 0.6 is 0 Å². The van der Waals surface area contributed by atoms with E-state index in [1.165, 1.54) is 20.0 Å².